The van der Waals surface area contributed by atoms with Gasteiger partial charge >= 0.3 is 0 Å². The molecule has 1 fully saturated rings. The molecule has 2 amide bonds. The third-order valence-electron chi connectivity index (χ3n) is 5.64. The van der Waals surface area contributed by atoms with E-state index in [2.05, 4.69) is 4.98 Å². The third kappa shape index (κ3) is 2.26. The van der Waals surface area contributed by atoms with Gasteiger partial charge in [0.05, 0.1) is 12.6 Å². The molecule has 2 atom stereocenters. The number of aromatic hydroxyl groups is 1. The normalized spacial score (nSPS) is 22.1. The average molecular weight is 361 g/mol. The molecule has 136 valence electrons. The van der Waals surface area contributed by atoms with Gasteiger partial charge in [-0.3, -0.25) is 9.59 Å². The number of benzene rings is 2. The first-order chi connectivity index (χ1) is 13.0. The molecule has 0 bridgehead atoms. The number of para-hydroxylation sites is 1. The highest BCUT2D eigenvalue weighted by Gasteiger charge is 2.47. The first-order valence-corrected chi connectivity index (χ1v) is 8.99. The van der Waals surface area contributed by atoms with Crippen molar-refractivity contribution in [2.45, 2.75) is 18.5 Å². The van der Waals surface area contributed by atoms with Gasteiger partial charge in [-0.15, -0.1) is 0 Å². The van der Waals surface area contributed by atoms with Gasteiger partial charge in [0.15, 0.2) is 0 Å². The van der Waals surface area contributed by atoms with E-state index in [1.165, 1.54) is 4.90 Å². The number of phenols is 1. The Labute approximate surface area is 156 Å². The summed E-state index contributed by atoms with van der Waals surface area (Å²) in [7, 11) is 1.67. The molecule has 6 heteroatoms. The van der Waals surface area contributed by atoms with Crippen molar-refractivity contribution in [3.63, 3.8) is 0 Å². The highest BCUT2D eigenvalue weighted by molar-refractivity contribution is 5.97. The Kier molecular flexibility index (Phi) is 3.31. The van der Waals surface area contributed by atoms with E-state index in [9.17, 15) is 14.7 Å². The maximum atomic E-state index is 12.9. The van der Waals surface area contributed by atoms with E-state index < -0.39 is 12.1 Å². The van der Waals surface area contributed by atoms with Crippen LogP contribution in [0.15, 0.2) is 48.5 Å². The number of likely N-dealkylation sites (N-methyl/N-ethyl adjacent to an activating group) is 1. The van der Waals surface area contributed by atoms with Crippen molar-refractivity contribution in [2.24, 2.45) is 0 Å². The molecular formula is C21H19N3O3. The Morgan fingerprint density at radius 2 is 1.93 bits per heavy atom. The molecule has 5 rings (SSSR count). The fourth-order valence-electron chi connectivity index (χ4n) is 4.45. The van der Waals surface area contributed by atoms with Gasteiger partial charge in [0.2, 0.25) is 11.8 Å². The summed E-state index contributed by atoms with van der Waals surface area (Å²) in [4.78, 5) is 32.5. The molecule has 0 spiro atoms. The van der Waals surface area contributed by atoms with Crippen LogP contribution < -0.4 is 0 Å². The summed E-state index contributed by atoms with van der Waals surface area (Å²) >= 11 is 0. The molecule has 0 saturated carbocycles. The minimum atomic E-state index is -0.532. The number of aromatic nitrogens is 1. The smallest absolute Gasteiger partial charge is 0.245 e. The summed E-state index contributed by atoms with van der Waals surface area (Å²) < 4.78 is 0. The van der Waals surface area contributed by atoms with E-state index in [1.807, 2.05) is 30.3 Å². The third-order valence-corrected chi connectivity index (χ3v) is 5.64. The number of phenolic OH excluding ortho intramolecular Hbond substituents is 1. The van der Waals surface area contributed by atoms with Crippen LogP contribution in [0.1, 0.15) is 22.9 Å². The number of aromatic amines is 1. The SMILES string of the molecule is CN1CC(=O)N2C(Cc3c([nH]c4ccccc34)C2c2cccc(O)c2)C1=O. The first kappa shape index (κ1) is 15.9. The predicted octanol–water partition coefficient (Wildman–Crippen LogP) is 2.19. The number of nitrogens with zero attached hydrogens (tertiary/aromatic N) is 2. The second kappa shape index (κ2) is 5.61. The Morgan fingerprint density at radius 1 is 1.11 bits per heavy atom. The van der Waals surface area contributed by atoms with Crippen molar-refractivity contribution in [3.8, 4) is 5.75 Å². The van der Waals surface area contributed by atoms with Crippen molar-refractivity contribution in [2.75, 3.05) is 13.6 Å². The molecule has 27 heavy (non-hydrogen) atoms. The molecule has 0 aliphatic carbocycles. The summed E-state index contributed by atoms with van der Waals surface area (Å²) in [5.41, 5.74) is 3.76. The zero-order valence-electron chi connectivity index (χ0n) is 14.8. The quantitative estimate of drug-likeness (QED) is 0.698. The molecule has 6 nitrogen and oxygen atoms in total. The van der Waals surface area contributed by atoms with Crippen molar-refractivity contribution in [1.29, 1.82) is 0 Å². The molecule has 2 aliphatic rings. The van der Waals surface area contributed by atoms with E-state index in [0.29, 0.717) is 6.42 Å². The maximum Gasteiger partial charge on any atom is 0.245 e. The van der Waals surface area contributed by atoms with Gasteiger partial charge in [0.1, 0.15) is 11.8 Å². The van der Waals surface area contributed by atoms with Crippen molar-refractivity contribution in [3.05, 3.63) is 65.4 Å². The topological polar surface area (TPSA) is 76.6 Å². The van der Waals surface area contributed by atoms with Gasteiger partial charge in [-0.05, 0) is 29.3 Å². The molecule has 3 aromatic rings. The van der Waals surface area contributed by atoms with E-state index in [0.717, 1.165) is 27.7 Å². The van der Waals surface area contributed by atoms with Crippen LogP contribution in [0.3, 0.4) is 0 Å². The number of carbonyl (C=O) groups excluding carboxylic acids is 2. The lowest BCUT2D eigenvalue weighted by Gasteiger charge is -2.46. The Morgan fingerprint density at radius 3 is 2.74 bits per heavy atom. The summed E-state index contributed by atoms with van der Waals surface area (Å²) in [6, 6.07) is 13.9. The molecule has 2 unspecified atom stereocenters. The lowest BCUT2D eigenvalue weighted by Crippen LogP contribution is -2.62. The molecule has 1 saturated heterocycles. The molecule has 3 heterocycles. The standard InChI is InChI=1S/C21H19N3O3/c1-23-11-18(26)24-17(21(23)27)10-15-14-7-2-3-8-16(14)22-19(15)20(24)12-5-4-6-13(25)9-12/h2-9,17,20,22,25H,10-11H2,1H3. The predicted molar refractivity (Wildman–Crippen MR) is 100 cm³/mol. The second-order valence-electron chi connectivity index (χ2n) is 7.28. The van der Waals surface area contributed by atoms with E-state index in [1.54, 1.807) is 30.1 Å². The monoisotopic (exact) mass is 361 g/mol. The Bertz CT molecular complexity index is 1090. The number of nitrogens with one attached hydrogen (secondary N) is 1. The van der Waals surface area contributed by atoms with Gasteiger partial charge in [-0.1, -0.05) is 30.3 Å². The van der Waals surface area contributed by atoms with E-state index >= 15 is 0 Å². The molecule has 1 aromatic heterocycles. The van der Waals surface area contributed by atoms with Gasteiger partial charge in [0.25, 0.3) is 0 Å². The number of fused-ring (bicyclic) bond motifs is 4. The van der Waals surface area contributed by atoms with Crippen molar-refractivity contribution >= 4 is 22.7 Å². The number of hydrogen-bond donors (Lipinski definition) is 2. The van der Waals surface area contributed by atoms with Gasteiger partial charge < -0.3 is 19.9 Å². The molecular weight excluding hydrogens is 342 g/mol. The van der Waals surface area contributed by atoms with Crippen LogP contribution in [0, 0.1) is 0 Å². The molecule has 2 N–H and O–H groups in total. The van der Waals surface area contributed by atoms with Crippen LogP contribution in [0.4, 0.5) is 0 Å². The molecule has 0 radical (unpaired) electrons. The number of H-pyrrole nitrogens is 1. The highest BCUT2D eigenvalue weighted by atomic mass is 16.3. The number of amides is 2. The van der Waals surface area contributed by atoms with Crippen LogP contribution in [-0.2, 0) is 16.0 Å². The van der Waals surface area contributed by atoms with Gasteiger partial charge in [0, 0.05) is 30.1 Å². The Balaban J connectivity index is 1.78. The minimum absolute atomic E-state index is 0.0457. The molecule has 2 aliphatic heterocycles. The minimum Gasteiger partial charge on any atom is -0.508 e. The Hall–Kier alpha value is -3.28. The zero-order chi connectivity index (χ0) is 18.7. The maximum absolute atomic E-state index is 12.9. The van der Waals surface area contributed by atoms with E-state index in [4.69, 9.17) is 0 Å². The van der Waals surface area contributed by atoms with Crippen LogP contribution in [0.25, 0.3) is 10.9 Å². The lowest BCUT2D eigenvalue weighted by atomic mass is 9.86. The summed E-state index contributed by atoms with van der Waals surface area (Å²) in [5, 5.41) is 11.1. The van der Waals surface area contributed by atoms with Crippen LogP contribution in [0.5, 0.6) is 5.75 Å². The fraction of sp³-hybridized carbons (Fsp3) is 0.238. The van der Waals surface area contributed by atoms with Crippen LogP contribution >= 0.6 is 0 Å². The van der Waals surface area contributed by atoms with Crippen LogP contribution in [0.2, 0.25) is 0 Å². The highest BCUT2D eigenvalue weighted by Crippen LogP contribution is 2.42. The summed E-state index contributed by atoms with van der Waals surface area (Å²) in [6.07, 6.45) is 0.490. The van der Waals surface area contributed by atoms with Crippen molar-refractivity contribution < 1.29 is 14.7 Å². The van der Waals surface area contributed by atoms with Crippen molar-refractivity contribution in [1.82, 2.24) is 14.8 Å². The lowest BCUT2D eigenvalue weighted by molar-refractivity contribution is -0.157. The number of piperazine rings is 1. The van der Waals surface area contributed by atoms with Crippen LogP contribution in [-0.4, -0.2) is 51.3 Å². The van der Waals surface area contributed by atoms with E-state index in [-0.39, 0.29) is 24.1 Å². The average Bonchev–Trinajstić information content (AvgIpc) is 3.03. The zero-order valence-corrected chi connectivity index (χ0v) is 14.8. The second-order valence-corrected chi connectivity index (χ2v) is 7.28. The number of rotatable bonds is 1. The number of hydrogen-bond acceptors (Lipinski definition) is 3. The summed E-state index contributed by atoms with van der Waals surface area (Å²) in [5.74, 6) is 0.00983. The largest absolute Gasteiger partial charge is 0.508 e. The first-order valence-electron chi connectivity index (χ1n) is 8.99. The fourth-order valence-corrected chi connectivity index (χ4v) is 4.45. The molecule has 2 aromatic carbocycles. The summed E-state index contributed by atoms with van der Waals surface area (Å²) in [6.45, 7) is 0.0697. The van der Waals surface area contributed by atoms with Gasteiger partial charge in [-0.25, -0.2) is 0 Å². The van der Waals surface area contributed by atoms with Gasteiger partial charge in [-0.2, -0.15) is 0 Å². The number of carbonyl (C=O) groups is 2.